The van der Waals surface area contributed by atoms with Gasteiger partial charge in [-0.05, 0) is 63.3 Å². The predicted octanol–water partition coefficient (Wildman–Crippen LogP) is 4.51. The number of aryl methyl sites for hydroxylation is 2. The third-order valence-corrected chi connectivity index (χ3v) is 4.21. The number of hydrogen-bond acceptors (Lipinski definition) is 3. The first-order valence-electron chi connectivity index (χ1n) is 7.83. The van der Waals surface area contributed by atoms with Crippen LogP contribution in [0.3, 0.4) is 0 Å². The number of likely N-dealkylation sites (N-methyl/N-ethyl adjacent to an activating group) is 1. The van der Waals surface area contributed by atoms with Crippen LogP contribution >= 0.6 is 11.6 Å². The molecule has 0 saturated heterocycles. The second-order valence-electron chi connectivity index (χ2n) is 6.02. The zero-order valence-electron chi connectivity index (χ0n) is 14.3. The standard InChI is InChI=1S/C19H25ClN2O/c1-14-6-5-7-19(23-11-10-22(3)4)17(14)13-21-16-8-9-18(20)15(2)12-16/h5-9,12,21H,10-11,13H2,1-4H3. The number of anilines is 1. The summed E-state index contributed by atoms with van der Waals surface area (Å²) in [4.78, 5) is 2.12. The first-order chi connectivity index (χ1) is 11.0. The monoisotopic (exact) mass is 332 g/mol. The molecule has 0 aromatic heterocycles. The first kappa shape index (κ1) is 17.6. The Hall–Kier alpha value is -1.71. The molecule has 0 spiro atoms. The number of benzene rings is 2. The van der Waals surface area contributed by atoms with Crippen LogP contribution in [0.4, 0.5) is 5.69 Å². The molecular weight excluding hydrogens is 308 g/mol. The molecule has 0 atom stereocenters. The Kier molecular flexibility index (Phi) is 6.31. The van der Waals surface area contributed by atoms with Crippen molar-refractivity contribution >= 4 is 17.3 Å². The minimum absolute atomic E-state index is 0.684. The maximum Gasteiger partial charge on any atom is 0.124 e. The zero-order chi connectivity index (χ0) is 16.8. The van der Waals surface area contributed by atoms with Gasteiger partial charge in [-0.25, -0.2) is 0 Å². The van der Waals surface area contributed by atoms with Crippen molar-refractivity contribution in [1.29, 1.82) is 0 Å². The van der Waals surface area contributed by atoms with E-state index in [0.717, 1.165) is 35.1 Å². The molecule has 0 aliphatic rings. The van der Waals surface area contributed by atoms with Crippen LogP contribution in [0, 0.1) is 13.8 Å². The summed E-state index contributed by atoms with van der Waals surface area (Å²) in [6.45, 7) is 6.44. The highest BCUT2D eigenvalue weighted by Crippen LogP contribution is 2.25. The van der Waals surface area contributed by atoms with E-state index in [1.54, 1.807) is 0 Å². The average Bonchev–Trinajstić information content (AvgIpc) is 2.49. The predicted molar refractivity (Wildman–Crippen MR) is 98.7 cm³/mol. The molecule has 2 aromatic carbocycles. The van der Waals surface area contributed by atoms with Crippen LogP contribution < -0.4 is 10.1 Å². The minimum atomic E-state index is 0.684. The maximum atomic E-state index is 6.08. The highest BCUT2D eigenvalue weighted by atomic mass is 35.5. The van der Waals surface area contributed by atoms with Gasteiger partial charge in [-0.1, -0.05) is 23.7 Å². The Balaban J connectivity index is 2.07. The Bertz CT molecular complexity index is 656. The van der Waals surface area contributed by atoms with Crippen LogP contribution in [-0.4, -0.2) is 32.1 Å². The van der Waals surface area contributed by atoms with Crippen molar-refractivity contribution in [2.24, 2.45) is 0 Å². The molecule has 0 aliphatic heterocycles. The van der Waals surface area contributed by atoms with Crippen molar-refractivity contribution in [3.8, 4) is 5.75 Å². The summed E-state index contributed by atoms with van der Waals surface area (Å²) in [6, 6.07) is 12.2. The summed E-state index contributed by atoms with van der Waals surface area (Å²) < 4.78 is 5.96. The van der Waals surface area contributed by atoms with E-state index in [0.29, 0.717) is 6.61 Å². The molecule has 0 unspecified atom stereocenters. The molecule has 0 heterocycles. The summed E-state index contributed by atoms with van der Waals surface area (Å²) in [5.41, 5.74) is 4.56. The number of hydrogen-bond donors (Lipinski definition) is 1. The van der Waals surface area contributed by atoms with Crippen molar-refractivity contribution in [1.82, 2.24) is 4.90 Å². The van der Waals surface area contributed by atoms with Gasteiger partial charge >= 0.3 is 0 Å². The molecule has 0 saturated carbocycles. The van der Waals surface area contributed by atoms with E-state index >= 15 is 0 Å². The number of nitrogens with zero attached hydrogens (tertiary/aromatic N) is 1. The highest BCUT2D eigenvalue weighted by molar-refractivity contribution is 6.31. The Morgan fingerprint density at radius 2 is 1.87 bits per heavy atom. The third-order valence-electron chi connectivity index (χ3n) is 3.79. The van der Waals surface area contributed by atoms with Crippen molar-refractivity contribution in [3.63, 3.8) is 0 Å². The van der Waals surface area contributed by atoms with Crippen LogP contribution in [0.2, 0.25) is 5.02 Å². The van der Waals surface area contributed by atoms with E-state index < -0.39 is 0 Å². The Labute approximate surface area is 144 Å². The molecule has 0 radical (unpaired) electrons. The van der Waals surface area contributed by atoms with Gasteiger partial charge in [-0.2, -0.15) is 0 Å². The van der Waals surface area contributed by atoms with Gasteiger partial charge in [-0.15, -0.1) is 0 Å². The first-order valence-corrected chi connectivity index (χ1v) is 8.21. The lowest BCUT2D eigenvalue weighted by atomic mass is 10.1. The molecule has 2 rings (SSSR count). The SMILES string of the molecule is Cc1cc(NCc2c(C)cccc2OCCN(C)C)ccc1Cl. The smallest absolute Gasteiger partial charge is 0.124 e. The molecule has 0 aliphatic carbocycles. The summed E-state index contributed by atoms with van der Waals surface area (Å²) in [5.74, 6) is 0.949. The fourth-order valence-electron chi connectivity index (χ4n) is 2.32. The second-order valence-corrected chi connectivity index (χ2v) is 6.43. The lowest BCUT2D eigenvalue weighted by Crippen LogP contribution is -2.20. The molecular formula is C19H25ClN2O. The van der Waals surface area contributed by atoms with Gasteiger partial charge in [0.2, 0.25) is 0 Å². The van der Waals surface area contributed by atoms with Crippen molar-refractivity contribution in [3.05, 3.63) is 58.1 Å². The van der Waals surface area contributed by atoms with E-state index in [4.69, 9.17) is 16.3 Å². The van der Waals surface area contributed by atoms with Gasteiger partial charge < -0.3 is 15.0 Å². The van der Waals surface area contributed by atoms with Crippen LogP contribution in [0.15, 0.2) is 36.4 Å². The zero-order valence-corrected chi connectivity index (χ0v) is 15.1. The fraction of sp³-hybridized carbons (Fsp3) is 0.368. The molecule has 4 heteroatoms. The van der Waals surface area contributed by atoms with Crippen LogP contribution in [-0.2, 0) is 6.54 Å². The summed E-state index contributed by atoms with van der Waals surface area (Å²) in [7, 11) is 4.09. The lowest BCUT2D eigenvalue weighted by molar-refractivity contribution is 0.259. The van der Waals surface area contributed by atoms with E-state index in [1.165, 1.54) is 11.1 Å². The minimum Gasteiger partial charge on any atom is -0.492 e. The summed E-state index contributed by atoms with van der Waals surface area (Å²) >= 11 is 6.08. The van der Waals surface area contributed by atoms with E-state index in [9.17, 15) is 0 Å². The van der Waals surface area contributed by atoms with Crippen molar-refractivity contribution in [2.45, 2.75) is 20.4 Å². The fourth-order valence-corrected chi connectivity index (χ4v) is 2.44. The van der Waals surface area contributed by atoms with Gasteiger partial charge in [0.15, 0.2) is 0 Å². The van der Waals surface area contributed by atoms with Gasteiger partial charge in [0.25, 0.3) is 0 Å². The molecule has 1 N–H and O–H groups in total. The van der Waals surface area contributed by atoms with Gasteiger partial charge in [0.1, 0.15) is 12.4 Å². The molecule has 0 amide bonds. The van der Waals surface area contributed by atoms with Crippen LogP contribution in [0.25, 0.3) is 0 Å². The Morgan fingerprint density at radius 1 is 1.09 bits per heavy atom. The van der Waals surface area contributed by atoms with E-state index in [1.807, 2.05) is 45.3 Å². The molecule has 23 heavy (non-hydrogen) atoms. The highest BCUT2D eigenvalue weighted by Gasteiger charge is 2.07. The molecule has 0 bridgehead atoms. The molecule has 3 nitrogen and oxygen atoms in total. The van der Waals surface area contributed by atoms with E-state index in [2.05, 4.69) is 29.3 Å². The second kappa shape index (κ2) is 8.23. The molecule has 124 valence electrons. The average molecular weight is 333 g/mol. The van der Waals surface area contributed by atoms with Crippen molar-refractivity contribution in [2.75, 3.05) is 32.6 Å². The van der Waals surface area contributed by atoms with E-state index in [-0.39, 0.29) is 0 Å². The Morgan fingerprint density at radius 3 is 2.57 bits per heavy atom. The van der Waals surface area contributed by atoms with Crippen molar-refractivity contribution < 1.29 is 4.74 Å². The third kappa shape index (κ3) is 5.15. The normalized spacial score (nSPS) is 10.9. The van der Waals surface area contributed by atoms with Gasteiger partial charge in [0, 0.05) is 29.4 Å². The number of ether oxygens (including phenoxy) is 1. The maximum absolute atomic E-state index is 6.08. The number of halogens is 1. The molecule has 0 fully saturated rings. The van der Waals surface area contributed by atoms with Gasteiger partial charge in [-0.3, -0.25) is 0 Å². The lowest BCUT2D eigenvalue weighted by Gasteiger charge is -2.17. The van der Waals surface area contributed by atoms with Gasteiger partial charge in [0.05, 0.1) is 0 Å². The number of rotatable bonds is 7. The summed E-state index contributed by atoms with van der Waals surface area (Å²) in [5, 5.41) is 4.25. The number of nitrogens with one attached hydrogen (secondary N) is 1. The summed E-state index contributed by atoms with van der Waals surface area (Å²) in [6.07, 6.45) is 0. The topological polar surface area (TPSA) is 24.5 Å². The quantitative estimate of drug-likeness (QED) is 0.807. The van der Waals surface area contributed by atoms with Crippen LogP contribution in [0.1, 0.15) is 16.7 Å². The molecule has 2 aromatic rings. The van der Waals surface area contributed by atoms with Crippen LogP contribution in [0.5, 0.6) is 5.75 Å². The largest absolute Gasteiger partial charge is 0.492 e.